The average molecular weight is 562 g/mol. The van der Waals surface area contributed by atoms with E-state index < -0.39 is 12.3 Å². The van der Waals surface area contributed by atoms with Gasteiger partial charge >= 0.3 is 12.3 Å². The van der Waals surface area contributed by atoms with Crippen molar-refractivity contribution >= 4 is 17.7 Å². The van der Waals surface area contributed by atoms with E-state index in [4.69, 9.17) is 9.47 Å². The van der Waals surface area contributed by atoms with Crippen LogP contribution in [0.1, 0.15) is 60.1 Å². The average Bonchev–Trinajstić information content (AvgIpc) is 3.58. The van der Waals surface area contributed by atoms with Crippen LogP contribution in [0.4, 0.5) is 13.2 Å². The molecule has 3 aromatic rings. The number of alkyl halides is 3. The number of halogens is 3. The molecule has 2 fully saturated rings. The molecular formula is C28H30F3N3O4S. The van der Waals surface area contributed by atoms with E-state index in [9.17, 15) is 18.0 Å². The number of fused-ring (bicyclic) bond motifs is 1. The van der Waals surface area contributed by atoms with Gasteiger partial charge in [-0.05, 0) is 85.8 Å². The summed E-state index contributed by atoms with van der Waals surface area (Å²) >= 11 is 1.64. The third-order valence-electron chi connectivity index (χ3n) is 7.49. The Kier molecular flexibility index (Phi) is 8.06. The lowest BCUT2D eigenvalue weighted by atomic mass is 9.94. The molecule has 0 saturated heterocycles. The Bertz CT molecular complexity index is 1270. The third-order valence-corrected chi connectivity index (χ3v) is 8.83. The number of methoxy groups -OCH3 is 1. The van der Waals surface area contributed by atoms with Crippen molar-refractivity contribution in [2.45, 2.75) is 61.7 Å². The smallest absolute Gasteiger partial charge is 0.497 e. The fourth-order valence-electron chi connectivity index (χ4n) is 5.78. The number of nitrogens with zero attached hydrogens (tertiary/aromatic N) is 3. The Morgan fingerprint density at radius 2 is 1.64 bits per heavy atom. The van der Waals surface area contributed by atoms with Crippen molar-refractivity contribution in [2.75, 3.05) is 13.7 Å². The molecule has 208 valence electrons. The maximum absolute atomic E-state index is 12.6. The monoisotopic (exact) mass is 561 g/mol. The highest BCUT2D eigenvalue weighted by molar-refractivity contribution is 8.00. The third kappa shape index (κ3) is 6.51. The molecule has 1 aromatic heterocycles. The Hall–Kier alpha value is -3.21. The van der Waals surface area contributed by atoms with Crippen LogP contribution in [0, 0.1) is 11.8 Å². The topological polar surface area (TPSA) is 75.5 Å². The van der Waals surface area contributed by atoms with Gasteiger partial charge in [-0.1, -0.05) is 29.5 Å². The molecule has 1 heterocycles. The number of rotatable bonds is 9. The summed E-state index contributed by atoms with van der Waals surface area (Å²) in [6.07, 6.45) is -0.704. The van der Waals surface area contributed by atoms with E-state index in [0.29, 0.717) is 34.6 Å². The summed E-state index contributed by atoms with van der Waals surface area (Å²) in [5.74, 6) is 1.46. The maximum atomic E-state index is 12.6. The Morgan fingerprint density at radius 3 is 2.23 bits per heavy atom. The molecule has 11 heteroatoms. The highest BCUT2D eigenvalue weighted by atomic mass is 32.2. The van der Waals surface area contributed by atoms with Crippen LogP contribution in [0.2, 0.25) is 0 Å². The number of hydrogen-bond donors (Lipinski definition) is 0. The Balaban J connectivity index is 1.25. The van der Waals surface area contributed by atoms with E-state index in [0.717, 1.165) is 42.6 Å². The highest BCUT2D eigenvalue weighted by Gasteiger charge is 2.43. The van der Waals surface area contributed by atoms with Crippen molar-refractivity contribution in [3.63, 3.8) is 0 Å². The second kappa shape index (κ2) is 11.5. The molecule has 2 saturated carbocycles. The zero-order chi connectivity index (χ0) is 27.6. The number of carbonyl (C=O) groups excluding carboxylic acids is 1. The largest absolute Gasteiger partial charge is 0.573 e. The summed E-state index contributed by atoms with van der Waals surface area (Å²) in [6.45, 7) is 2.49. The van der Waals surface area contributed by atoms with Gasteiger partial charge in [0.25, 0.3) is 0 Å². The fraction of sp³-hybridized carbons (Fsp3) is 0.464. The van der Waals surface area contributed by atoms with Crippen molar-refractivity contribution in [1.29, 1.82) is 0 Å². The number of benzene rings is 2. The van der Waals surface area contributed by atoms with Crippen LogP contribution in [0.3, 0.4) is 0 Å². The summed E-state index contributed by atoms with van der Waals surface area (Å²) in [5.41, 5.74) is 2.30. The fourth-order valence-corrected chi connectivity index (χ4v) is 7.25. The normalized spacial score (nSPS) is 22.5. The molecule has 0 N–H and O–H groups in total. The van der Waals surface area contributed by atoms with Gasteiger partial charge in [0.1, 0.15) is 16.5 Å². The molecule has 2 aliphatic carbocycles. The van der Waals surface area contributed by atoms with Crippen LogP contribution >= 0.6 is 11.8 Å². The second-order valence-corrected chi connectivity index (χ2v) is 11.3. The van der Waals surface area contributed by atoms with Gasteiger partial charge in [-0.2, -0.15) is 0 Å². The van der Waals surface area contributed by atoms with Gasteiger partial charge in [0, 0.05) is 5.25 Å². The van der Waals surface area contributed by atoms with Crippen LogP contribution in [0.5, 0.6) is 11.5 Å². The first kappa shape index (κ1) is 27.4. The summed E-state index contributed by atoms with van der Waals surface area (Å²) < 4.78 is 53.7. The van der Waals surface area contributed by atoms with Crippen molar-refractivity contribution in [2.24, 2.45) is 11.8 Å². The summed E-state index contributed by atoms with van der Waals surface area (Å²) in [7, 11) is 1.62. The predicted molar refractivity (Wildman–Crippen MR) is 139 cm³/mol. The number of ether oxygens (including phenoxy) is 3. The number of hydrogen-bond acceptors (Lipinski definition) is 7. The molecule has 0 bridgehead atoms. The molecule has 0 radical (unpaired) electrons. The number of esters is 1. The zero-order valence-corrected chi connectivity index (χ0v) is 22.5. The summed E-state index contributed by atoms with van der Waals surface area (Å²) in [4.78, 5) is 12.6. The molecule has 2 aromatic carbocycles. The summed E-state index contributed by atoms with van der Waals surface area (Å²) in [5, 5.41) is 9.48. The van der Waals surface area contributed by atoms with E-state index in [1.807, 2.05) is 24.3 Å². The van der Waals surface area contributed by atoms with Crippen molar-refractivity contribution in [1.82, 2.24) is 15.0 Å². The van der Waals surface area contributed by atoms with Gasteiger partial charge in [0.05, 0.1) is 20.3 Å². The lowest BCUT2D eigenvalue weighted by Gasteiger charge is -2.17. The standard InChI is InChI=1S/C28H30F3N3O4S/c1-3-37-27(35)25-26(34(33-32-25)16-17-4-8-22(36-2)9-5-17)39-24-14-20-12-19(13-21(20)15-24)18-6-10-23(11-7-18)38-28(29,30)31/h4-11,19-21,24H,3,12-16H2,1-2H3/t19?,20-,21+,24?. The Labute approximate surface area is 229 Å². The molecular weight excluding hydrogens is 531 g/mol. The highest BCUT2D eigenvalue weighted by Crippen LogP contribution is 2.54. The van der Waals surface area contributed by atoms with E-state index in [2.05, 4.69) is 15.0 Å². The molecule has 0 aliphatic heterocycles. The van der Waals surface area contributed by atoms with Crippen LogP contribution in [0.15, 0.2) is 53.6 Å². The van der Waals surface area contributed by atoms with Gasteiger partial charge in [-0.3, -0.25) is 0 Å². The minimum atomic E-state index is -4.69. The van der Waals surface area contributed by atoms with Crippen molar-refractivity contribution in [3.05, 3.63) is 65.4 Å². The minimum absolute atomic E-state index is 0.196. The molecule has 2 unspecified atom stereocenters. The summed E-state index contributed by atoms with van der Waals surface area (Å²) in [6, 6.07) is 14.0. The lowest BCUT2D eigenvalue weighted by Crippen LogP contribution is -2.17. The van der Waals surface area contributed by atoms with Gasteiger partial charge < -0.3 is 14.2 Å². The quantitative estimate of drug-likeness (QED) is 0.277. The van der Waals surface area contributed by atoms with Gasteiger partial charge in [-0.25, -0.2) is 9.48 Å². The van der Waals surface area contributed by atoms with Crippen molar-refractivity contribution < 1.29 is 32.2 Å². The predicted octanol–water partition coefficient (Wildman–Crippen LogP) is 6.47. The SMILES string of the molecule is CCOC(=O)c1nnn(Cc2ccc(OC)cc2)c1SC1C[C@@H]2CC(c3ccc(OC(F)(F)F)cc3)C[C@@H]2C1. The van der Waals surface area contributed by atoms with Crippen molar-refractivity contribution in [3.8, 4) is 11.5 Å². The first-order valence-corrected chi connectivity index (χ1v) is 13.9. The molecule has 7 nitrogen and oxygen atoms in total. The molecule has 0 amide bonds. The molecule has 4 atom stereocenters. The second-order valence-electron chi connectivity index (χ2n) is 9.99. The molecule has 0 spiro atoms. The van der Waals surface area contributed by atoms with Crippen LogP contribution in [-0.2, 0) is 11.3 Å². The zero-order valence-electron chi connectivity index (χ0n) is 21.7. The molecule has 5 rings (SSSR count). The number of thioether (sulfide) groups is 1. The molecule has 39 heavy (non-hydrogen) atoms. The maximum Gasteiger partial charge on any atom is 0.573 e. The van der Waals surface area contributed by atoms with E-state index in [1.165, 1.54) is 12.1 Å². The van der Waals surface area contributed by atoms with Crippen LogP contribution in [-0.4, -0.2) is 46.3 Å². The van der Waals surface area contributed by atoms with E-state index in [-0.39, 0.29) is 18.1 Å². The van der Waals surface area contributed by atoms with Gasteiger partial charge in [0.2, 0.25) is 5.69 Å². The van der Waals surface area contributed by atoms with Crippen LogP contribution in [0.25, 0.3) is 0 Å². The number of carbonyl (C=O) groups is 1. The Morgan fingerprint density at radius 1 is 1.00 bits per heavy atom. The minimum Gasteiger partial charge on any atom is -0.497 e. The lowest BCUT2D eigenvalue weighted by molar-refractivity contribution is -0.274. The first-order valence-electron chi connectivity index (χ1n) is 13.0. The van der Waals surface area contributed by atoms with E-state index in [1.54, 1.807) is 42.6 Å². The molecule has 2 aliphatic rings. The van der Waals surface area contributed by atoms with Gasteiger partial charge in [0.15, 0.2) is 0 Å². The number of aromatic nitrogens is 3. The first-order chi connectivity index (χ1) is 18.7. The van der Waals surface area contributed by atoms with Gasteiger partial charge in [-0.15, -0.1) is 30.0 Å². The van der Waals surface area contributed by atoms with Crippen LogP contribution < -0.4 is 9.47 Å². The van der Waals surface area contributed by atoms with E-state index >= 15 is 0 Å².